The van der Waals surface area contributed by atoms with Crippen molar-refractivity contribution in [2.45, 2.75) is 38.4 Å². The normalized spacial score (nSPS) is 16.2. The Morgan fingerprint density at radius 3 is 2.53 bits per heavy atom. The fourth-order valence-electron chi connectivity index (χ4n) is 2.21. The van der Waals surface area contributed by atoms with E-state index < -0.39 is 11.7 Å². The third kappa shape index (κ3) is 3.62. The third-order valence-electron chi connectivity index (χ3n) is 3.63. The topological polar surface area (TPSA) is 35.2 Å². The van der Waals surface area contributed by atoms with Gasteiger partial charge in [-0.15, -0.1) is 0 Å². The molecule has 0 aliphatic heterocycles. The maximum atomic E-state index is 12.8. The van der Waals surface area contributed by atoms with E-state index >= 15 is 0 Å². The van der Waals surface area contributed by atoms with Gasteiger partial charge in [0.25, 0.3) is 0 Å². The van der Waals surface area contributed by atoms with E-state index in [0.29, 0.717) is 12.5 Å². The number of ether oxygens (including phenoxy) is 1. The Morgan fingerprint density at radius 2 is 2.00 bits per heavy atom. The molecule has 0 radical (unpaired) electrons. The van der Waals surface area contributed by atoms with Gasteiger partial charge in [0, 0.05) is 6.54 Å². The second-order valence-corrected chi connectivity index (χ2v) is 4.95. The Kier molecular flexibility index (Phi) is 4.34. The Morgan fingerprint density at radius 1 is 1.26 bits per heavy atom. The van der Waals surface area contributed by atoms with Gasteiger partial charge in [-0.2, -0.15) is 13.2 Å². The molecule has 106 valence electrons. The fourth-order valence-corrected chi connectivity index (χ4v) is 2.21. The lowest BCUT2D eigenvalue weighted by atomic mass is 9.83. The summed E-state index contributed by atoms with van der Waals surface area (Å²) < 4.78 is 43.9. The lowest BCUT2D eigenvalue weighted by molar-refractivity contribution is -0.138. The first-order chi connectivity index (χ1) is 9.00. The predicted octanol–water partition coefficient (Wildman–Crippen LogP) is 3.73. The predicted molar refractivity (Wildman–Crippen MR) is 66.8 cm³/mol. The molecule has 1 saturated carbocycles. The number of hydrogen-bond acceptors (Lipinski definition) is 2. The van der Waals surface area contributed by atoms with E-state index in [0.717, 1.165) is 12.5 Å². The van der Waals surface area contributed by atoms with Crippen molar-refractivity contribution in [3.63, 3.8) is 0 Å². The third-order valence-corrected chi connectivity index (χ3v) is 3.63. The summed E-state index contributed by atoms with van der Waals surface area (Å²) in [6, 6.07) is 3.99. The van der Waals surface area contributed by atoms with Crippen LogP contribution in [-0.2, 0) is 12.7 Å². The monoisotopic (exact) mass is 273 g/mol. The fraction of sp³-hybridized carbons (Fsp3) is 0.571. The smallest absolute Gasteiger partial charge is 0.416 e. The molecule has 0 saturated heterocycles. The molecular weight excluding hydrogens is 255 g/mol. The quantitative estimate of drug-likeness (QED) is 0.887. The van der Waals surface area contributed by atoms with Gasteiger partial charge in [0.2, 0.25) is 0 Å². The summed E-state index contributed by atoms with van der Waals surface area (Å²) in [4.78, 5) is 0. The molecule has 0 amide bonds. The first-order valence-electron chi connectivity index (χ1n) is 6.53. The van der Waals surface area contributed by atoms with Gasteiger partial charge in [-0.25, -0.2) is 0 Å². The molecule has 2 nitrogen and oxygen atoms in total. The minimum Gasteiger partial charge on any atom is -0.494 e. The molecule has 2 rings (SSSR count). The van der Waals surface area contributed by atoms with Crippen LogP contribution in [0.2, 0.25) is 0 Å². The standard InChI is InChI=1S/C14H18F3NO/c15-14(16,17)13-8-12(5-4-11(13)9-18)19-7-6-10-2-1-3-10/h4-5,8,10H,1-3,6-7,9,18H2. The second kappa shape index (κ2) is 5.82. The molecule has 1 aliphatic rings. The van der Waals surface area contributed by atoms with Crippen molar-refractivity contribution in [3.05, 3.63) is 29.3 Å². The van der Waals surface area contributed by atoms with Gasteiger partial charge in [0.05, 0.1) is 12.2 Å². The van der Waals surface area contributed by atoms with Crippen molar-refractivity contribution in [2.75, 3.05) is 6.61 Å². The highest BCUT2D eigenvalue weighted by atomic mass is 19.4. The average molecular weight is 273 g/mol. The summed E-state index contributed by atoms with van der Waals surface area (Å²) >= 11 is 0. The van der Waals surface area contributed by atoms with Crippen LogP contribution in [0.25, 0.3) is 0 Å². The molecular formula is C14H18F3NO. The minimum absolute atomic E-state index is 0.0962. The molecule has 2 N–H and O–H groups in total. The van der Waals surface area contributed by atoms with E-state index in [9.17, 15) is 13.2 Å². The molecule has 0 unspecified atom stereocenters. The zero-order valence-electron chi connectivity index (χ0n) is 10.7. The molecule has 0 spiro atoms. The van der Waals surface area contributed by atoms with Crippen LogP contribution >= 0.6 is 0 Å². The number of hydrogen-bond donors (Lipinski definition) is 1. The molecule has 0 heterocycles. The summed E-state index contributed by atoms with van der Waals surface area (Å²) in [6.45, 7) is 0.348. The number of benzene rings is 1. The largest absolute Gasteiger partial charge is 0.494 e. The van der Waals surface area contributed by atoms with Gasteiger partial charge in [-0.05, 0) is 30.0 Å². The molecule has 1 aromatic carbocycles. The summed E-state index contributed by atoms with van der Waals surface area (Å²) in [7, 11) is 0. The van der Waals surface area contributed by atoms with Crippen LogP contribution in [0.1, 0.15) is 36.8 Å². The van der Waals surface area contributed by atoms with Crippen LogP contribution in [-0.4, -0.2) is 6.61 Å². The Hall–Kier alpha value is -1.23. The molecule has 1 aromatic rings. The van der Waals surface area contributed by atoms with Crippen LogP contribution in [0.3, 0.4) is 0 Å². The summed E-state index contributed by atoms with van der Waals surface area (Å²) in [6.07, 6.45) is 0.211. The van der Waals surface area contributed by atoms with Gasteiger partial charge >= 0.3 is 6.18 Å². The van der Waals surface area contributed by atoms with E-state index in [-0.39, 0.29) is 17.9 Å². The SMILES string of the molecule is NCc1ccc(OCCC2CCC2)cc1C(F)(F)F. The van der Waals surface area contributed by atoms with Gasteiger partial charge in [0.1, 0.15) is 5.75 Å². The maximum Gasteiger partial charge on any atom is 0.416 e. The average Bonchev–Trinajstić information content (AvgIpc) is 2.31. The van der Waals surface area contributed by atoms with E-state index in [1.165, 1.54) is 25.3 Å². The number of rotatable bonds is 5. The first kappa shape index (κ1) is 14.2. The number of halogens is 3. The van der Waals surface area contributed by atoms with E-state index in [1.54, 1.807) is 6.07 Å². The van der Waals surface area contributed by atoms with Gasteiger partial charge in [-0.3, -0.25) is 0 Å². The summed E-state index contributed by atoms with van der Waals surface area (Å²) in [5, 5.41) is 0. The van der Waals surface area contributed by atoms with Gasteiger partial charge in [-0.1, -0.05) is 25.3 Å². The Bertz CT molecular complexity index is 427. The van der Waals surface area contributed by atoms with Crippen molar-refractivity contribution in [1.82, 2.24) is 0 Å². The highest BCUT2D eigenvalue weighted by Crippen LogP contribution is 2.34. The highest BCUT2D eigenvalue weighted by molar-refractivity contribution is 5.37. The van der Waals surface area contributed by atoms with Crippen LogP contribution in [0.5, 0.6) is 5.75 Å². The van der Waals surface area contributed by atoms with Crippen LogP contribution < -0.4 is 10.5 Å². The lowest BCUT2D eigenvalue weighted by Gasteiger charge is -2.25. The molecule has 1 aliphatic carbocycles. The van der Waals surface area contributed by atoms with Crippen molar-refractivity contribution in [3.8, 4) is 5.75 Å². The minimum atomic E-state index is -4.39. The molecule has 5 heteroatoms. The van der Waals surface area contributed by atoms with E-state index in [1.807, 2.05) is 0 Å². The molecule has 0 bridgehead atoms. The van der Waals surface area contributed by atoms with E-state index in [2.05, 4.69) is 0 Å². The first-order valence-corrected chi connectivity index (χ1v) is 6.53. The summed E-state index contributed by atoms with van der Waals surface area (Å²) in [5.74, 6) is 0.953. The van der Waals surface area contributed by atoms with Crippen molar-refractivity contribution in [1.29, 1.82) is 0 Å². The second-order valence-electron chi connectivity index (χ2n) is 4.95. The van der Waals surface area contributed by atoms with Crippen molar-refractivity contribution >= 4 is 0 Å². The van der Waals surface area contributed by atoms with Gasteiger partial charge in [0.15, 0.2) is 0 Å². The van der Waals surface area contributed by atoms with E-state index in [4.69, 9.17) is 10.5 Å². The van der Waals surface area contributed by atoms with Crippen LogP contribution in [0.15, 0.2) is 18.2 Å². The lowest BCUT2D eigenvalue weighted by Crippen LogP contribution is -2.15. The van der Waals surface area contributed by atoms with Crippen LogP contribution in [0, 0.1) is 5.92 Å². The Labute approximate surface area is 110 Å². The molecule has 19 heavy (non-hydrogen) atoms. The maximum absolute atomic E-state index is 12.8. The van der Waals surface area contributed by atoms with Gasteiger partial charge < -0.3 is 10.5 Å². The van der Waals surface area contributed by atoms with Crippen molar-refractivity contribution < 1.29 is 17.9 Å². The molecule has 0 aromatic heterocycles. The molecule has 0 atom stereocenters. The zero-order chi connectivity index (χ0) is 13.9. The zero-order valence-corrected chi connectivity index (χ0v) is 10.7. The Balaban J connectivity index is 2.00. The van der Waals surface area contributed by atoms with Crippen molar-refractivity contribution in [2.24, 2.45) is 11.7 Å². The number of alkyl halides is 3. The summed E-state index contributed by atoms with van der Waals surface area (Å²) in [5.41, 5.74) is 4.72. The number of nitrogens with two attached hydrogens (primary N) is 1. The van der Waals surface area contributed by atoms with Crippen LogP contribution in [0.4, 0.5) is 13.2 Å². The highest BCUT2D eigenvalue weighted by Gasteiger charge is 2.33. The molecule has 1 fully saturated rings.